The van der Waals surface area contributed by atoms with Gasteiger partial charge in [0.2, 0.25) is 11.8 Å². The van der Waals surface area contributed by atoms with Crippen molar-refractivity contribution in [1.29, 1.82) is 0 Å². The molecule has 0 bridgehead atoms. The molecule has 22 heavy (non-hydrogen) atoms. The minimum Gasteiger partial charge on any atom is -0.398 e. The third kappa shape index (κ3) is 2.24. The van der Waals surface area contributed by atoms with E-state index < -0.39 is 11.9 Å². The molecular formula is C16H19N3O3. The normalized spacial score (nSPS) is 21.0. The van der Waals surface area contributed by atoms with Crippen molar-refractivity contribution in [3.05, 3.63) is 28.8 Å². The van der Waals surface area contributed by atoms with Gasteiger partial charge < -0.3 is 10.6 Å². The van der Waals surface area contributed by atoms with Crippen molar-refractivity contribution in [1.82, 2.24) is 10.2 Å². The van der Waals surface area contributed by atoms with E-state index in [4.69, 9.17) is 5.73 Å². The number of fused-ring (bicyclic) bond motifs is 1. The van der Waals surface area contributed by atoms with E-state index in [1.807, 2.05) is 12.1 Å². The second-order valence-electron chi connectivity index (χ2n) is 5.82. The highest BCUT2D eigenvalue weighted by Gasteiger charge is 2.40. The second-order valence-corrected chi connectivity index (χ2v) is 5.82. The van der Waals surface area contributed by atoms with Crippen LogP contribution in [0.3, 0.4) is 0 Å². The molecule has 1 fully saturated rings. The van der Waals surface area contributed by atoms with E-state index in [1.54, 1.807) is 4.90 Å². The van der Waals surface area contributed by atoms with Crippen molar-refractivity contribution >= 4 is 23.4 Å². The number of piperidine rings is 1. The molecule has 3 rings (SSSR count). The summed E-state index contributed by atoms with van der Waals surface area (Å²) in [6, 6.07) is 3.13. The van der Waals surface area contributed by atoms with Gasteiger partial charge >= 0.3 is 0 Å². The van der Waals surface area contributed by atoms with Crippen LogP contribution >= 0.6 is 0 Å². The first kappa shape index (κ1) is 14.6. The molecule has 2 aliphatic heterocycles. The number of aryl methyl sites for hydroxylation is 1. The summed E-state index contributed by atoms with van der Waals surface area (Å²) in [6.07, 6.45) is 2.36. The van der Waals surface area contributed by atoms with Crippen LogP contribution in [0.4, 0.5) is 5.69 Å². The van der Waals surface area contributed by atoms with Crippen LogP contribution in [0.5, 0.6) is 0 Å². The number of hydrogen-bond donors (Lipinski definition) is 2. The van der Waals surface area contributed by atoms with Gasteiger partial charge in [-0.1, -0.05) is 19.4 Å². The van der Waals surface area contributed by atoms with E-state index in [2.05, 4.69) is 12.2 Å². The number of anilines is 1. The molecule has 2 heterocycles. The molecule has 0 radical (unpaired) electrons. The Balaban J connectivity index is 1.94. The molecule has 3 N–H and O–H groups in total. The van der Waals surface area contributed by atoms with Crippen molar-refractivity contribution in [2.75, 3.05) is 5.73 Å². The summed E-state index contributed by atoms with van der Waals surface area (Å²) in [5.74, 6) is -0.829. The summed E-state index contributed by atoms with van der Waals surface area (Å²) in [4.78, 5) is 37.6. The molecule has 1 atom stereocenters. The molecule has 0 spiro atoms. The summed E-state index contributed by atoms with van der Waals surface area (Å²) in [5.41, 5.74) is 9.02. The first-order valence-corrected chi connectivity index (χ1v) is 7.57. The largest absolute Gasteiger partial charge is 0.398 e. The molecule has 1 saturated heterocycles. The maximum absolute atomic E-state index is 12.8. The SMILES string of the molecule is CCCc1ccc(N)c2c1C(=O)N(C1CCC(=O)NC1=O)C2. The number of benzene rings is 1. The molecule has 1 aromatic carbocycles. The zero-order chi connectivity index (χ0) is 15.9. The Morgan fingerprint density at radius 3 is 2.77 bits per heavy atom. The van der Waals surface area contributed by atoms with E-state index in [1.165, 1.54) is 0 Å². The number of nitrogens with one attached hydrogen (secondary N) is 1. The third-order valence-corrected chi connectivity index (χ3v) is 4.34. The Morgan fingerprint density at radius 1 is 1.32 bits per heavy atom. The third-order valence-electron chi connectivity index (χ3n) is 4.34. The minimum absolute atomic E-state index is 0.153. The van der Waals surface area contributed by atoms with E-state index in [0.717, 1.165) is 24.0 Å². The second kappa shape index (κ2) is 5.44. The summed E-state index contributed by atoms with van der Waals surface area (Å²) >= 11 is 0. The Morgan fingerprint density at radius 2 is 2.09 bits per heavy atom. The Bertz CT molecular complexity index is 669. The van der Waals surface area contributed by atoms with Gasteiger partial charge in [0.1, 0.15) is 6.04 Å². The van der Waals surface area contributed by atoms with Gasteiger partial charge in [-0.25, -0.2) is 0 Å². The average molecular weight is 301 g/mol. The monoisotopic (exact) mass is 301 g/mol. The number of hydrogen-bond acceptors (Lipinski definition) is 4. The topological polar surface area (TPSA) is 92.5 Å². The van der Waals surface area contributed by atoms with Gasteiger partial charge in [0, 0.05) is 29.8 Å². The first-order valence-electron chi connectivity index (χ1n) is 7.57. The van der Waals surface area contributed by atoms with Crippen molar-refractivity contribution in [3.8, 4) is 0 Å². The molecule has 1 aromatic rings. The highest BCUT2D eigenvalue weighted by Crippen LogP contribution is 2.33. The molecule has 116 valence electrons. The number of amides is 3. The lowest BCUT2D eigenvalue weighted by molar-refractivity contribution is -0.136. The molecule has 0 aromatic heterocycles. The van der Waals surface area contributed by atoms with Crippen LogP contribution in [-0.2, 0) is 22.6 Å². The zero-order valence-corrected chi connectivity index (χ0v) is 12.5. The lowest BCUT2D eigenvalue weighted by atomic mass is 9.98. The lowest BCUT2D eigenvalue weighted by Gasteiger charge is -2.29. The van der Waals surface area contributed by atoms with E-state index in [-0.39, 0.29) is 18.2 Å². The lowest BCUT2D eigenvalue weighted by Crippen LogP contribution is -2.52. The van der Waals surface area contributed by atoms with Gasteiger partial charge in [-0.15, -0.1) is 0 Å². The zero-order valence-electron chi connectivity index (χ0n) is 12.5. The van der Waals surface area contributed by atoms with Gasteiger partial charge in [-0.3, -0.25) is 19.7 Å². The summed E-state index contributed by atoms with van der Waals surface area (Å²) < 4.78 is 0. The van der Waals surface area contributed by atoms with E-state index in [0.29, 0.717) is 24.2 Å². The predicted octanol–water partition coefficient (Wildman–Crippen LogP) is 0.982. The number of nitrogens with zero attached hydrogens (tertiary/aromatic N) is 1. The Labute approximate surface area is 128 Å². The van der Waals surface area contributed by atoms with Crippen LogP contribution in [0.25, 0.3) is 0 Å². The molecule has 0 saturated carbocycles. The maximum Gasteiger partial charge on any atom is 0.255 e. The number of carbonyl (C=O) groups excluding carboxylic acids is 3. The number of carbonyl (C=O) groups is 3. The van der Waals surface area contributed by atoms with E-state index >= 15 is 0 Å². The number of imide groups is 1. The number of nitrogen functional groups attached to an aromatic ring is 1. The van der Waals surface area contributed by atoms with Crippen LogP contribution < -0.4 is 11.1 Å². The van der Waals surface area contributed by atoms with Crippen LogP contribution in [0.15, 0.2) is 12.1 Å². The van der Waals surface area contributed by atoms with Crippen LogP contribution in [-0.4, -0.2) is 28.7 Å². The Hall–Kier alpha value is -2.37. The van der Waals surface area contributed by atoms with Crippen molar-refractivity contribution in [3.63, 3.8) is 0 Å². The van der Waals surface area contributed by atoms with Gasteiger partial charge in [-0.05, 0) is 24.5 Å². The van der Waals surface area contributed by atoms with Gasteiger partial charge in [0.25, 0.3) is 5.91 Å². The molecule has 1 unspecified atom stereocenters. The van der Waals surface area contributed by atoms with Crippen molar-refractivity contribution < 1.29 is 14.4 Å². The molecule has 0 aliphatic carbocycles. The predicted molar refractivity (Wildman–Crippen MR) is 80.9 cm³/mol. The van der Waals surface area contributed by atoms with Crippen molar-refractivity contribution in [2.24, 2.45) is 0 Å². The summed E-state index contributed by atoms with van der Waals surface area (Å²) in [7, 11) is 0. The fraction of sp³-hybridized carbons (Fsp3) is 0.438. The minimum atomic E-state index is -0.591. The van der Waals surface area contributed by atoms with Gasteiger partial charge in [0.05, 0.1) is 0 Å². The fourth-order valence-corrected chi connectivity index (χ4v) is 3.24. The van der Waals surface area contributed by atoms with E-state index in [9.17, 15) is 14.4 Å². The molecule has 6 nitrogen and oxygen atoms in total. The highest BCUT2D eigenvalue weighted by molar-refractivity contribution is 6.06. The Kier molecular flexibility index (Phi) is 3.60. The standard InChI is InChI=1S/C16H19N3O3/c1-2-3-9-4-5-11(17)10-8-19(16(22)14(9)10)12-6-7-13(20)18-15(12)21/h4-5,12H,2-3,6-8,17H2,1H3,(H,18,20,21). The smallest absolute Gasteiger partial charge is 0.255 e. The molecular weight excluding hydrogens is 282 g/mol. The summed E-state index contributed by atoms with van der Waals surface area (Å²) in [5, 5.41) is 2.30. The van der Waals surface area contributed by atoms with Crippen LogP contribution in [0.1, 0.15) is 47.7 Å². The van der Waals surface area contributed by atoms with Crippen LogP contribution in [0, 0.1) is 0 Å². The van der Waals surface area contributed by atoms with Gasteiger partial charge in [0.15, 0.2) is 0 Å². The quantitative estimate of drug-likeness (QED) is 0.643. The highest BCUT2D eigenvalue weighted by atomic mass is 16.2. The maximum atomic E-state index is 12.8. The first-order chi connectivity index (χ1) is 10.5. The number of rotatable bonds is 3. The fourth-order valence-electron chi connectivity index (χ4n) is 3.24. The van der Waals surface area contributed by atoms with Crippen LogP contribution in [0.2, 0.25) is 0 Å². The molecule has 3 amide bonds. The average Bonchev–Trinajstić information content (AvgIpc) is 2.81. The van der Waals surface area contributed by atoms with Gasteiger partial charge in [-0.2, -0.15) is 0 Å². The number of nitrogens with two attached hydrogens (primary N) is 1. The molecule has 6 heteroatoms. The van der Waals surface area contributed by atoms with Crippen molar-refractivity contribution in [2.45, 2.75) is 45.2 Å². The molecule has 2 aliphatic rings. The summed E-state index contributed by atoms with van der Waals surface area (Å²) in [6.45, 7) is 2.39.